The third kappa shape index (κ3) is 3.10. The molecule has 0 amide bonds. The highest BCUT2D eigenvalue weighted by Crippen LogP contribution is 2.30. The lowest BCUT2D eigenvalue weighted by molar-refractivity contribution is 0.826. The SMILES string of the molecule is NN(Cc1cccnc1)c1nc(-c2ccccc2Cl)cn2c(Cl)cnc12. The Morgan fingerprint density at radius 3 is 2.69 bits per heavy atom. The van der Waals surface area contributed by atoms with Crippen LogP contribution in [0.4, 0.5) is 5.82 Å². The fourth-order valence-corrected chi connectivity index (χ4v) is 3.11. The molecule has 0 atom stereocenters. The molecule has 0 aliphatic carbocycles. The Morgan fingerprint density at radius 1 is 1.08 bits per heavy atom. The van der Waals surface area contributed by atoms with Crippen LogP contribution in [0.1, 0.15) is 5.56 Å². The molecule has 26 heavy (non-hydrogen) atoms. The summed E-state index contributed by atoms with van der Waals surface area (Å²) >= 11 is 12.6. The van der Waals surface area contributed by atoms with Gasteiger partial charge >= 0.3 is 0 Å². The Kier molecular flexibility index (Phi) is 4.46. The van der Waals surface area contributed by atoms with E-state index in [4.69, 9.17) is 34.0 Å². The first-order valence-corrected chi connectivity index (χ1v) is 8.59. The molecule has 0 saturated carbocycles. The van der Waals surface area contributed by atoms with E-state index in [9.17, 15) is 0 Å². The van der Waals surface area contributed by atoms with Crippen LogP contribution in [-0.2, 0) is 6.54 Å². The zero-order valence-electron chi connectivity index (χ0n) is 13.5. The minimum atomic E-state index is 0.424. The first kappa shape index (κ1) is 16.8. The number of imidazole rings is 1. The summed E-state index contributed by atoms with van der Waals surface area (Å²) in [5, 5.41) is 2.58. The topological polar surface area (TPSA) is 72.3 Å². The molecule has 0 unspecified atom stereocenters. The Bertz CT molecular complexity index is 1060. The Morgan fingerprint density at radius 2 is 1.92 bits per heavy atom. The van der Waals surface area contributed by atoms with Gasteiger partial charge < -0.3 is 0 Å². The molecule has 6 nitrogen and oxygen atoms in total. The monoisotopic (exact) mass is 384 g/mol. The molecule has 4 aromatic rings. The zero-order valence-corrected chi connectivity index (χ0v) is 15.1. The zero-order chi connectivity index (χ0) is 18.1. The van der Waals surface area contributed by atoms with Gasteiger partial charge in [-0.1, -0.05) is 47.5 Å². The van der Waals surface area contributed by atoms with E-state index in [0.717, 1.165) is 11.1 Å². The second kappa shape index (κ2) is 6.92. The van der Waals surface area contributed by atoms with Crippen LogP contribution in [-0.4, -0.2) is 19.4 Å². The smallest absolute Gasteiger partial charge is 0.187 e. The van der Waals surface area contributed by atoms with E-state index in [1.807, 2.05) is 36.4 Å². The van der Waals surface area contributed by atoms with Gasteiger partial charge in [0.25, 0.3) is 0 Å². The van der Waals surface area contributed by atoms with Gasteiger partial charge in [-0.3, -0.25) is 14.4 Å². The molecular weight excluding hydrogens is 371 g/mol. The number of pyridine rings is 1. The molecule has 0 aliphatic heterocycles. The molecule has 130 valence electrons. The van der Waals surface area contributed by atoms with Gasteiger partial charge in [-0.25, -0.2) is 15.8 Å². The van der Waals surface area contributed by atoms with Crippen molar-refractivity contribution in [3.63, 3.8) is 0 Å². The average Bonchev–Trinajstić information content (AvgIpc) is 3.03. The van der Waals surface area contributed by atoms with Gasteiger partial charge in [0.1, 0.15) is 5.15 Å². The van der Waals surface area contributed by atoms with E-state index >= 15 is 0 Å². The van der Waals surface area contributed by atoms with Gasteiger partial charge in [-0.15, -0.1) is 0 Å². The molecule has 1 aromatic carbocycles. The van der Waals surface area contributed by atoms with Crippen LogP contribution in [0.15, 0.2) is 61.2 Å². The van der Waals surface area contributed by atoms with Crippen molar-refractivity contribution in [3.8, 4) is 11.3 Å². The lowest BCUT2D eigenvalue weighted by Crippen LogP contribution is -2.31. The molecular formula is C18H14Cl2N6. The summed E-state index contributed by atoms with van der Waals surface area (Å²) in [6.07, 6.45) is 6.84. The Labute approximate surface area is 159 Å². The van der Waals surface area contributed by atoms with E-state index in [1.54, 1.807) is 29.2 Å². The Balaban J connectivity index is 1.84. The number of rotatable bonds is 4. The third-order valence-corrected chi connectivity index (χ3v) is 4.54. The number of nitrogens with zero attached hydrogens (tertiary/aromatic N) is 5. The predicted molar refractivity (Wildman–Crippen MR) is 103 cm³/mol. The molecule has 0 saturated heterocycles. The van der Waals surface area contributed by atoms with Crippen molar-refractivity contribution in [2.75, 3.05) is 5.01 Å². The minimum Gasteiger partial charge on any atom is -0.287 e. The average molecular weight is 385 g/mol. The number of benzene rings is 1. The first-order chi connectivity index (χ1) is 12.6. The maximum absolute atomic E-state index is 6.33. The van der Waals surface area contributed by atoms with Gasteiger partial charge in [0.15, 0.2) is 11.5 Å². The maximum Gasteiger partial charge on any atom is 0.187 e. The molecule has 0 radical (unpaired) electrons. The van der Waals surface area contributed by atoms with E-state index in [0.29, 0.717) is 33.9 Å². The van der Waals surface area contributed by atoms with Crippen LogP contribution < -0.4 is 10.9 Å². The number of hydrazine groups is 1. The number of hydrogen-bond acceptors (Lipinski definition) is 5. The number of hydrogen-bond donors (Lipinski definition) is 1. The summed E-state index contributed by atoms with van der Waals surface area (Å²) in [6.45, 7) is 0.424. The molecule has 3 heterocycles. The lowest BCUT2D eigenvalue weighted by atomic mass is 10.1. The number of anilines is 1. The number of aromatic nitrogens is 4. The predicted octanol–water partition coefficient (Wildman–Crippen LogP) is 3.98. The number of halogens is 2. The van der Waals surface area contributed by atoms with Crippen molar-refractivity contribution in [2.24, 2.45) is 5.84 Å². The van der Waals surface area contributed by atoms with Gasteiger partial charge in [0.05, 0.1) is 23.5 Å². The van der Waals surface area contributed by atoms with Crippen molar-refractivity contribution < 1.29 is 0 Å². The number of nitrogens with two attached hydrogens (primary N) is 1. The highest BCUT2D eigenvalue weighted by molar-refractivity contribution is 6.33. The molecule has 3 aromatic heterocycles. The maximum atomic E-state index is 6.33. The molecule has 8 heteroatoms. The first-order valence-electron chi connectivity index (χ1n) is 7.83. The molecule has 0 bridgehead atoms. The van der Waals surface area contributed by atoms with Gasteiger partial charge in [0, 0.05) is 24.2 Å². The summed E-state index contributed by atoms with van der Waals surface area (Å²) in [6, 6.07) is 11.3. The minimum absolute atomic E-state index is 0.424. The highest BCUT2D eigenvalue weighted by Gasteiger charge is 2.17. The highest BCUT2D eigenvalue weighted by atomic mass is 35.5. The fourth-order valence-electron chi connectivity index (χ4n) is 2.70. The molecule has 0 fully saturated rings. The summed E-state index contributed by atoms with van der Waals surface area (Å²) in [4.78, 5) is 13.1. The van der Waals surface area contributed by atoms with Crippen molar-refractivity contribution in [1.82, 2.24) is 19.4 Å². The second-order valence-electron chi connectivity index (χ2n) is 5.69. The van der Waals surface area contributed by atoms with E-state index < -0.39 is 0 Å². The summed E-state index contributed by atoms with van der Waals surface area (Å²) in [5.41, 5.74) is 2.96. The largest absolute Gasteiger partial charge is 0.287 e. The van der Waals surface area contributed by atoms with Crippen LogP contribution in [0.25, 0.3) is 16.9 Å². The summed E-state index contributed by atoms with van der Waals surface area (Å²) in [7, 11) is 0. The van der Waals surface area contributed by atoms with Crippen molar-refractivity contribution in [3.05, 3.63) is 76.9 Å². The summed E-state index contributed by atoms with van der Waals surface area (Å²) in [5.74, 6) is 6.80. The Hall–Kier alpha value is -2.67. The van der Waals surface area contributed by atoms with Crippen LogP contribution in [0.3, 0.4) is 0 Å². The van der Waals surface area contributed by atoms with Gasteiger partial charge in [0.2, 0.25) is 0 Å². The van der Waals surface area contributed by atoms with E-state index in [1.165, 1.54) is 5.01 Å². The van der Waals surface area contributed by atoms with E-state index in [2.05, 4.69) is 9.97 Å². The quantitative estimate of drug-likeness (QED) is 0.425. The van der Waals surface area contributed by atoms with Crippen molar-refractivity contribution >= 4 is 34.7 Å². The van der Waals surface area contributed by atoms with Crippen LogP contribution >= 0.6 is 23.2 Å². The third-order valence-electron chi connectivity index (χ3n) is 3.93. The molecule has 0 aliphatic rings. The van der Waals surface area contributed by atoms with E-state index in [-0.39, 0.29) is 0 Å². The van der Waals surface area contributed by atoms with Gasteiger partial charge in [-0.05, 0) is 17.7 Å². The van der Waals surface area contributed by atoms with Crippen molar-refractivity contribution in [2.45, 2.75) is 6.54 Å². The fraction of sp³-hybridized carbons (Fsp3) is 0.0556. The van der Waals surface area contributed by atoms with Gasteiger partial charge in [-0.2, -0.15) is 0 Å². The van der Waals surface area contributed by atoms with Crippen LogP contribution in [0.5, 0.6) is 0 Å². The standard InChI is InChI=1S/C18H14Cl2N6/c19-14-6-2-1-5-13(14)15-11-25-16(20)9-23-17(25)18(24-15)26(21)10-12-4-3-7-22-8-12/h1-9,11H,10,21H2. The lowest BCUT2D eigenvalue weighted by Gasteiger charge is -2.19. The second-order valence-corrected chi connectivity index (χ2v) is 6.49. The molecule has 2 N–H and O–H groups in total. The normalized spacial score (nSPS) is 11.0. The van der Waals surface area contributed by atoms with Crippen molar-refractivity contribution in [1.29, 1.82) is 0 Å². The number of fused-ring (bicyclic) bond motifs is 1. The van der Waals surface area contributed by atoms with Crippen LogP contribution in [0.2, 0.25) is 10.2 Å². The summed E-state index contributed by atoms with van der Waals surface area (Å²) < 4.78 is 1.74. The molecule has 4 rings (SSSR count). The molecule has 0 spiro atoms. The van der Waals surface area contributed by atoms with Crippen LogP contribution in [0, 0.1) is 0 Å².